The number of hydrogen-bond donors (Lipinski definition) is 1. The molecule has 2 aromatic carbocycles. The predicted molar refractivity (Wildman–Crippen MR) is 104 cm³/mol. The molecule has 1 aliphatic heterocycles. The largest absolute Gasteiger partial charge is 0.492 e. The van der Waals surface area contributed by atoms with Crippen molar-refractivity contribution in [3.63, 3.8) is 0 Å². The Morgan fingerprint density at radius 2 is 1.87 bits per heavy atom. The molecule has 0 unspecified atom stereocenters. The Kier molecular flexibility index (Phi) is 7.31. The zero-order chi connectivity index (χ0) is 21.6. The highest BCUT2D eigenvalue weighted by molar-refractivity contribution is 5.78. The van der Waals surface area contributed by atoms with Gasteiger partial charge in [0.1, 0.15) is 18.2 Å². The van der Waals surface area contributed by atoms with Crippen LogP contribution in [0.3, 0.4) is 0 Å². The SMILES string of the molecule is O=C1CC[C@H](CCNCCOc2ccccc2)N1Cc1ccc(C(F)(F)F)cc1F. The van der Waals surface area contributed by atoms with E-state index in [2.05, 4.69) is 5.32 Å². The van der Waals surface area contributed by atoms with Crippen molar-refractivity contribution in [2.24, 2.45) is 0 Å². The minimum Gasteiger partial charge on any atom is -0.492 e. The van der Waals surface area contributed by atoms with E-state index in [9.17, 15) is 22.4 Å². The minimum atomic E-state index is -4.60. The molecule has 1 N–H and O–H groups in total. The molecule has 0 saturated carbocycles. The van der Waals surface area contributed by atoms with Crippen LogP contribution in [0.2, 0.25) is 0 Å². The Bertz CT molecular complexity index is 843. The van der Waals surface area contributed by atoms with Gasteiger partial charge in [0.25, 0.3) is 0 Å². The summed E-state index contributed by atoms with van der Waals surface area (Å²) in [5.74, 6) is -0.253. The Balaban J connectivity index is 1.46. The van der Waals surface area contributed by atoms with E-state index >= 15 is 0 Å². The van der Waals surface area contributed by atoms with Crippen molar-refractivity contribution < 1.29 is 27.1 Å². The molecule has 30 heavy (non-hydrogen) atoms. The summed E-state index contributed by atoms with van der Waals surface area (Å²) < 4.78 is 57.9. The molecule has 0 spiro atoms. The Labute approximate surface area is 172 Å². The van der Waals surface area contributed by atoms with Crippen molar-refractivity contribution in [1.29, 1.82) is 0 Å². The van der Waals surface area contributed by atoms with Crippen molar-refractivity contribution in [3.05, 3.63) is 65.5 Å². The fourth-order valence-electron chi connectivity index (χ4n) is 3.50. The highest BCUT2D eigenvalue weighted by Crippen LogP contribution is 2.31. The number of hydrogen-bond acceptors (Lipinski definition) is 3. The van der Waals surface area contributed by atoms with Gasteiger partial charge in [-0.25, -0.2) is 4.39 Å². The number of benzene rings is 2. The number of ether oxygens (including phenoxy) is 1. The lowest BCUT2D eigenvalue weighted by Gasteiger charge is -2.25. The lowest BCUT2D eigenvalue weighted by Crippen LogP contribution is -2.35. The smallest absolute Gasteiger partial charge is 0.416 e. The zero-order valence-electron chi connectivity index (χ0n) is 16.4. The van der Waals surface area contributed by atoms with Crippen molar-refractivity contribution in [2.75, 3.05) is 19.7 Å². The van der Waals surface area contributed by atoms with Gasteiger partial charge in [-0.2, -0.15) is 13.2 Å². The first kappa shape index (κ1) is 22.1. The first-order valence-corrected chi connectivity index (χ1v) is 9.88. The maximum absolute atomic E-state index is 14.2. The molecule has 1 aliphatic rings. The molecular formula is C22H24F4N2O2. The first-order valence-electron chi connectivity index (χ1n) is 9.88. The predicted octanol–water partition coefficient (Wildman–Crippen LogP) is 4.39. The highest BCUT2D eigenvalue weighted by atomic mass is 19.4. The van der Waals surface area contributed by atoms with Crippen LogP contribution in [0.5, 0.6) is 5.75 Å². The monoisotopic (exact) mass is 424 g/mol. The second-order valence-electron chi connectivity index (χ2n) is 7.22. The number of alkyl halides is 3. The molecule has 1 amide bonds. The lowest BCUT2D eigenvalue weighted by molar-refractivity contribution is -0.138. The van der Waals surface area contributed by atoms with Crippen LogP contribution in [-0.4, -0.2) is 36.5 Å². The van der Waals surface area contributed by atoms with Gasteiger partial charge in [0.05, 0.1) is 5.56 Å². The number of para-hydroxylation sites is 1. The van der Waals surface area contributed by atoms with E-state index in [4.69, 9.17) is 4.74 Å². The Morgan fingerprint density at radius 3 is 2.57 bits per heavy atom. The van der Waals surface area contributed by atoms with Crippen LogP contribution < -0.4 is 10.1 Å². The molecule has 2 aromatic rings. The quantitative estimate of drug-likeness (QED) is 0.480. The normalized spacial score (nSPS) is 16.9. The van der Waals surface area contributed by atoms with E-state index in [0.717, 1.165) is 17.9 Å². The second-order valence-corrected chi connectivity index (χ2v) is 7.22. The maximum Gasteiger partial charge on any atom is 0.416 e. The number of amides is 1. The summed E-state index contributed by atoms with van der Waals surface area (Å²) in [4.78, 5) is 13.8. The van der Waals surface area contributed by atoms with Gasteiger partial charge in [0.2, 0.25) is 5.91 Å². The van der Waals surface area contributed by atoms with Crippen LogP contribution in [0.4, 0.5) is 17.6 Å². The van der Waals surface area contributed by atoms with Crippen LogP contribution in [0, 0.1) is 5.82 Å². The Hall–Kier alpha value is -2.61. The van der Waals surface area contributed by atoms with Gasteiger partial charge in [-0.15, -0.1) is 0 Å². The maximum atomic E-state index is 14.2. The molecule has 0 radical (unpaired) electrons. The van der Waals surface area contributed by atoms with Crippen LogP contribution >= 0.6 is 0 Å². The molecule has 0 aliphatic carbocycles. The van der Waals surface area contributed by atoms with Gasteiger partial charge >= 0.3 is 6.18 Å². The summed E-state index contributed by atoms with van der Waals surface area (Å²) in [6.45, 7) is 1.78. The third-order valence-electron chi connectivity index (χ3n) is 5.12. The third kappa shape index (κ3) is 5.95. The van der Waals surface area contributed by atoms with Gasteiger partial charge in [0.15, 0.2) is 0 Å². The van der Waals surface area contributed by atoms with Crippen LogP contribution in [0.1, 0.15) is 30.4 Å². The number of likely N-dealkylation sites (tertiary alicyclic amines) is 1. The summed E-state index contributed by atoms with van der Waals surface area (Å²) in [6, 6.07) is 11.8. The number of rotatable bonds is 9. The standard InChI is InChI=1S/C22H24F4N2O2/c23-20-14-17(22(24,25)26)7-6-16(20)15-28-18(8-9-21(28)29)10-11-27-12-13-30-19-4-2-1-3-5-19/h1-7,14,18,27H,8-13,15H2/t18-/m1/s1. The van der Waals surface area contributed by atoms with Crippen LogP contribution in [0.25, 0.3) is 0 Å². The average molecular weight is 424 g/mol. The number of carbonyl (C=O) groups excluding carboxylic acids is 1. The molecular weight excluding hydrogens is 400 g/mol. The van der Waals surface area contributed by atoms with Gasteiger partial charge in [-0.05, 0) is 43.7 Å². The minimum absolute atomic E-state index is 0.0232. The molecule has 0 bridgehead atoms. The number of carbonyl (C=O) groups is 1. The van der Waals surface area contributed by atoms with Crippen LogP contribution in [-0.2, 0) is 17.5 Å². The fourth-order valence-corrected chi connectivity index (χ4v) is 3.50. The molecule has 1 saturated heterocycles. The van der Waals surface area contributed by atoms with Crippen LogP contribution in [0.15, 0.2) is 48.5 Å². The van der Waals surface area contributed by atoms with E-state index < -0.39 is 17.6 Å². The van der Waals surface area contributed by atoms with Gasteiger partial charge < -0.3 is 15.0 Å². The summed E-state index contributed by atoms with van der Waals surface area (Å²) in [6.07, 6.45) is -2.89. The van der Waals surface area contributed by atoms with Crippen molar-refractivity contribution >= 4 is 5.91 Å². The van der Waals surface area contributed by atoms with E-state index in [-0.39, 0.29) is 24.1 Å². The molecule has 4 nitrogen and oxygen atoms in total. The van der Waals surface area contributed by atoms with Crippen molar-refractivity contribution in [2.45, 2.75) is 38.0 Å². The Morgan fingerprint density at radius 1 is 1.10 bits per heavy atom. The number of nitrogens with one attached hydrogen (secondary N) is 1. The summed E-state index contributed by atoms with van der Waals surface area (Å²) >= 11 is 0. The molecule has 1 heterocycles. The summed E-state index contributed by atoms with van der Waals surface area (Å²) in [5.41, 5.74) is -0.942. The molecule has 1 fully saturated rings. The van der Waals surface area contributed by atoms with Gasteiger partial charge in [-0.3, -0.25) is 4.79 Å². The van der Waals surface area contributed by atoms with E-state index in [1.807, 2.05) is 30.3 Å². The summed E-state index contributed by atoms with van der Waals surface area (Å²) in [7, 11) is 0. The third-order valence-corrected chi connectivity index (χ3v) is 5.12. The first-order chi connectivity index (χ1) is 14.3. The highest BCUT2D eigenvalue weighted by Gasteiger charge is 2.33. The van der Waals surface area contributed by atoms with E-state index in [1.54, 1.807) is 4.90 Å². The molecule has 162 valence electrons. The molecule has 3 rings (SSSR count). The average Bonchev–Trinajstić information content (AvgIpc) is 3.05. The molecule has 1 atom stereocenters. The fraction of sp³-hybridized carbons (Fsp3) is 0.409. The van der Waals surface area contributed by atoms with Gasteiger partial charge in [0, 0.05) is 31.1 Å². The second kappa shape index (κ2) is 9.93. The van der Waals surface area contributed by atoms with E-state index in [1.165, 1.54) is 0 Å². The van der Waals surface area contributed by atoms with E-state index in [0.29, 0.717) is 45.0 Å². The molecule has 8 heteroatoms. The van der Waals surface area contributed by atoms with Crippen molar-refractivity contribution in [1.82, 2.24) is 10.2 Å². The number of halogens is 4. The summed E-state index contributed by atoms with van der Waals surface area (Å²) in [5, 5.41) is 3.26. The topological polar surface area (TPSA) is 41.6 Å². The zero-order valence-corrected chi connectivity index (χ0v) is 16.4. The lowest BCUT2D eigenvalue weighted by atomic mass is 10.1. The van der Waals surface area contributed by atoms with Gasteiger partial charge in [-0.1, -0.05) is 24.3 Å². The van der Waals surface area contributed by atoms with Crippen molar-refractivity contribution in [3.8, 4) is 5.75 Å². The number of nitrogens with zero attached hydrogens (tertiary/aromatic N) is 1. The molecule has 0 aromatic heterocycles.